The maximum atomic E-state index is 12.0. The number of rotatable bonds is 7. The molecule has 21 heavy (non-hydrogen) atoms. The number of alkyl halides is 3. The Hall–Kier alpha value is -1.12. The summed E-state index contributed by atoms with van der Waals surface area (Å²) in [5.41, 5.74) is 1.42. The molecule has 0 unspecified atom stereocenters. The molecule has 0 fully saturated rings. The Kier molecular flexibility index (Phi) is 6.18. The molecule has 0 saturated carbocycles. The Labute approximate surface area is 122 Å². The summed E-state index contributed by atoms with van der Waals surface area (Å²) < 4.78 is 60.6. The van der Waals surface area contributed by atoms with Crippen molar-refractivity contribution in [2.24, 2.45) is 0 Å². The van der Waals surface area contributed by atoms with E-state index in [1.807, 2.05) is 13.8 Å². The molecule has 0 aromatic heterocycles. The van der Waals surface area contributed by atoms with E-state index in [1.165, 1.54) is 4.72 Å². The molecule has 0 aliphatic heterocycles. The van der Waals surface area contributed by atoms with E-state index in [0.29, 0.717) is 18.2 Å². The number of halogens is 3. The second kappa shape index (κ2) is 7.24. The monoisotopic (exact) mass is 324 g/mol. The highest BCUT2D eigenvalue weighted by Crippen LogP contribution is 2.14. The summed E-state index contributed by atoms with van der Waals surface area (Å²) in [6.45, 7) is 3.11. The summed E-state index contributed by atoms with van der Waals surface area (Å²) in [4.78, 5) is 0. The zero-order valence-electron chi connectivity index (χ0n) is 11.9. The van der Waals surface area contributed by atoms with Gasteiger partial charge in [0.15, 0.2) is 0 Å². The van der Waals surface area contributed by atoms with E-state index in [0.717, 1.165) is 5.56 Å². The molecule has 0 amide bonds. The fraction of sp³-hybridized carbons (Fsp3) is 0.538. The topological polar surface area (TPSA) is 58.2 Å². The van der Waals surface area contributed by atoms with Gasteiger partial charge in [-0.05, 0) is 11.1 Å². The summed E-state index contributed by atoms with van der Waals surface area (Å²) >= 11 is 0. The number of benzene rings is 1. The predicted octanol–water partition coefficient (Wildman–Crippen LogP) is 2.17. The lowest BCUT2D eigenvalue weighted by molar-refractivity contribution is -0.121. The van der Waals surface area contributed by atoms with Crippen molar-refractivity contribution >= 4 is 10.0 Å². The Balaban J connectivity index is 2.58. The minimum absolute atomic E-state index is 0.330. The first kappa shape index (κ1) is 17.9. The molecule has 0 aliphatic rings. The first-order valence-corrected chi connectivity index (χ1v) is 8.08. The molecular weight excluding hydrogens is 305 g/mol. The van der Waals surface area contributed by atoms with Crippen molar-refractivity contribution in [3.8, 4) is 0 Å². The van der Waals surface area contributed by atoms with Gasteiger partial charge in [-0.3, -0.25) is 0 Å². The SMILES string of the molecule is CC(C)NCc1ccc(CS(=O)(=O)NCC(F)(F)F)cc1. The fourth-order valence-electron chi connectivity index (χ4n) is 1.54. The molecule has 0 heterocycles. The molecule has 0 spiro atoms. The van der Waals surface area contributed by atoms with Gasteiger partial charge in [-0.2, -0.15) is 13.2 Å². The van der Waals surface area contributed by atoms with Crippen molar-refractivity contribution in [1.82, 2.24) is 10.0 Å². The van der Waals surface area contributed by atoms with Crippen molar-refractivity contribution in [3.63, 3.8) is 0 Å². The van der Waals surface area contributed by atoms with E-state index in [-0.39, 0.29) is 0 Å². The summed E-state index contributed by atoms with van der Waals surface area (Å²) in [7, 11) is -3.99. The molecule has 1 aromatic rings. The lowest BCUT2D eigenvalue weighted by Crippen LogP contribution is -2.34. The van der Waals surface area contributed by atoms with Crippen LogP contribution in [0, 0.1) is 0 Å². The molecule has 8 heteroatoms. The van der Waals surface area contributed by atoms with E-state index >= 15 is 0 Å². The zero-order valence-corrected chi connectivity index (χ0v) is 12.7. The lowest BCUT2D eigenvalue weighted by atomic mass is 10.1. The summed E-state index contributed by atoms with van der Waals surface area (Å²) in [6.07, 6.45) is -4.56. The van der Waals surface area contributed by atoms with Gasteiger partial charge in [-0.25, -0.2) is 13.1 Å². The average Bonchev–Trinajstić information content (AvgIpc) is 2.35. The second-order valence-electron chi connectivity index (χ2n) is 5.05. The molecule has 0 atom stereocenters. The maximum Gasteiger partial charge on any atom is 0.402 e. The minimum Gasteiger partial charge on any atom is -0.310 e. The van der Waals surface area contributed by atoms with Crippen molar-refractivity contribution in [3.05, 3.63) is 35.4 Å². The van der Waals surface area contributed by atoms with Crippen LogP contribution in [0.3, 0.4) is 0 Å². The number of hydrogen-bond donors (Lipinski definition) is 2. The van der Waals surface area contributed by atoms with E-state index in [2.05, 4.69) is 5.32 Å². The first-order chi connectivity index (χ1) is 9.57. The largest absolute Gasteiger partial charge is 0.402 e. The van der Waals surface area contributed by atoms with Gasteiger partial charge in [-0.1, -0.05) is 38.1 Å². The number of hydrogen-bond acceptors (Lipinski definition) is 3. The molecule has 2 N–H and O–H groups in total. The van der Waals surface area contributed by atoms with Gasteiger partial charge in [0.2, 0.25) is 10.0 Å². The van der Waals surface area contributed by atoms with Crippen molar-refractivity contribution < 1.29 is 21.6 Å². The second-order valence-corrected chi connectivity index (χ2v) is 6.85. The van der Waals surface area contributed by atoms with Crippen LogP contribution in [0.5, 0.6) is 0 Å². The van der Waals surface area contributed by atoms with Crippen LogP contribution in [0.15, 0.2) is 24.3 Å². The van der Waals surface area contributed by atoms with Crippen LogP contribution in [0.4, 0.5) is 13.2 Å². The molecular formula is C13H19F3N2O2S. The minimum atomic E-state index is -4.56. The lowest BCUT2D eigenvalue weighted by Gasteiger charge is -2.10. The van der Waals surface area contributed by atoms with E-state index < -0.39 is 28.5 Å². The van der Waals surface area contributed by atoms with Gasteiger partial charge >= 0.3 is 6.18 Å². The van der Waals surface area contributed by atoms with E-state index in [4.69, 9.17) is 0 Å². The van der Waals surface area contributed by atoms with Gasteiger partial charge in [0.25, 0.3) is 0 Å². The first-order valence-electron chi connectivity index (χ1n) is 6.43. The van der Waals surface area contributed by atoms with Crippen LogP contribution in [0.1, 0.15) is 25.0 Å². The Morgan fingerprint density at radius 2 is 1.62 bits per heavy atom. The van der Waals surface area contributed by atoms with Crippen LogP contribution in [-0.4, -0.2) is 27.2 Å². The molecule has 1 rings (SSSR count). The van der Waals surface area contributed by atoms with Crippen molar-refractivity contribution in [2.75, 3.05) is 6.54 Å². The van der Waals surface area contributed by atoms with E-state index in [9.17, 15) is 21.6 Å². The van der Waals surface area contributed by atoms with Gasteiger partial charge in [-0.15, -0.1) is 0 Å². The van der Waals surface area contributed by atoms with Gasteiger partial charge in [0, 0.05) is 12.6 Å². The smallest absolute Gasteiger partial charge is 0.310 e. The highest BCUT2D eigenvalue weighted by molar-refractivity contribution is 7.88. The normalized spacial score (nSPS) is 12.9. The molecule has 120 valence electrons. The van der Waals surface area contributed by atoms with E-state index in [1.54, 1.807) is 24.3 Å². The van der Waals surface area contributed by atoms with Crippen LogP contribution < -0.4 is 10.0 Å². The standard InChI is InChI=1S/C13H19F3N2O2S/c1-10(2)17-7-11-3-5-12(6-4-11)8-21(19,20)18-9-13(14,15)16/h3-6,10,17-18H,7-9H2,1-2H3. The quantitative estimate of drug-likeness (QED) is 0.808. The molecule has 4 nitrogen and oxygen atoms in total. The maximum absolute atomic E-state index is 12.0. The third-order valence-corrected chi connectivity index (χ3v) is 3.88. The fourth-order valence-corrected chi connectivity index (χ4v) is 2.65. The van der Waals surface area contributed by atoms with Crippen molar-refractivity contribution in [2.45, 2.75) is 38.4 Å². The summed E-state index contributed by atoms with van der Waals surface area (Å²) in [5, 5.41) is 3.21. The van der Waals surface area contributed by atoms with Crippen LogP contribution in [0.25, 0.3) is 0 Å². The molecule has 0 aliphatic carbocycles. The van der Waals surface area contributed by atoms with Crippen LogP contribution in [0.2, 0.25) is 0 Å². The van der Waals surface area contributed by atoms with Crippen molar-refractivity contribution in [1.29, 1.82) is 0 Å². The summed E-state index contributed by atoms with van der Waals surface area (Å²) in [6, 6.07) is 7.04. The summed E-state index contributed by atoms with van der Waals surface area (Å²) in [5.74, 6) is -0.471. The third kappa shape index (κ3) is 8.03. The third-order valence-electron chi connectivity index (χ3n) is 2.59. The molecule has 0 saturated heterocycles. The highest BCUT2D eigenvalue weighted by Gasteiger charge is 2.29. The highest BCUT2D eigenvalue weighted by atomic mass is 32.2. The van der Waals surface area contributed by atoms with Gasteiger partial charge in [0.05, 0.1) is 5.75 Å². The average molecular weight is 324 g/mol. The van der Waals surface area contributed by atoms with Gasteiger partial charge < -0.3 is 5.32 Å². The molecule has 0 radical (unpaired) electrons. The number of sulfonamides is 1. The van der Waals surface area contributed by atoms with Crippen LogP contribution >= 0.6 is 0 Å². The van der Waals surface area contributed by atoms with Crippen LogP contribution in [-0.2, 0) is 22.3 Å². The van der Waals surface area contributed by atoms with Gasteiger partial charge in [0.1, 0.15) is 6.54 Å². The number of nitrogens with one attached hydrogen (secondary N) is 2. The Morgan fingerprint density at radius 1 is 1.10 bits per heavy atom. The molecule has 1 aromatic carbocycles. The molecule has 0 bridgehead atoms. The zero-order chi connectivity index (χ0) is 16.1. The Morgan fingerprint density at radius 3 is 2.10 bits per heavy atom. The predicted molar refractivity (Wildman–Crippen MR) is 75.1 cm³/mol. The Bertz CT molecular complexity index is 540.